The van der Waals surface area contributed by atoms with Gasteiger partial charge in [-0.1, -0.05) is 42.6 Å². The van der Waals surface area contributed by atoms with E-state index in [1.165, 1.54) is 7.11 Å². The summed E-state index contributed by atoms with van der Waals surface area (Å²) in [6, 6.07) is 6.98. The molecule has 0 aliphatic rings. The van der Waals surface area contributed by atoms with Crippen LogP contribution >= 0.6 is 23.2 Å². The highest BCUT2D eigenvalue weighted by Crippen LogP contribution is 2.31. The standard InChI is InChI=1S/C19H19Cl2N3O2/c1-4-5-8-24-18-17(11(2)23-24)13(19(25)26-3)10-16(22-18)12-6-7-14(20)15(21)9-12/h6-7,9-10H,4-5,8H2,1-3H3. The van der Waals surface area contributed by atoms with E-state index >= 15 is 0 Å². The van der Waals surface area contributed by atoms with Gasteiger partial charge in [-0.25, -0.2) is 14.5 Å². The molecule has 2 aromatic heterocycles. The Hall–Kier alpha value is -2.11. The number of aromatic nitrogens is 3. The number of esters is 1. The van der Waals surface area contributed by atoms with Crippen molar-refractivity contribution in [3.63, 3.8) is 0 Å². The second-order valence-corrected chi connectivity index (χ2v) is 6.85. The second-order valence-electron chi connectivity index (χ2n) is 6.04. The normalized spacial score (nSPS) is 11.1. The van der Waals surface area contributed by atoms with E-state index in [1.807, 2.05) is 17.7 Å². The van der Waals surface area contributed by atoms with Gasteiger partial charge in [-0.3, -0.25) is 0 Å². The zero-order valence-corrected chi connectivity index (χ0v) is 16.4. The van der Waals surface area contributed by atoms with Crippen molar-refractivity contribution in [1.29, 1.82) is 0 Å². The van der Waals surface area contributed by atoms with Gasteiger partial charge in [0.25, 0.3) is 0 Å². The molecule has 3 aromatic rings. The Bertz CT molecular complexity index is 983. The molecule has 5 nitrogen and oxygen atoms in total. The van der Waals surface area contributed by atoms with Crippen molar-refractivity contribution in [3.05, 3.63) is 45.6 Å². The lowest BCUT2D eigenvalue weighted by atomic mass is 10.1. The molecular formula is C19H19Cl2N3O2. The number of methoxy groups -OCH3 is 1. The number of carbonyl (C=O) groups is 1. The molecule has 0 N–H and O–H groups in total. The first-order valence-corrected chi connectivity index (χ1v) is 9.13. The Morgan fingerprint density at radius 2 is 2.00 bits per heavy atom. The number of benzene rings is 1. The molecule has 1 aromatic carbocycles. The Morgan fingerprint density at radius 1 is 1.23 bits per heavy atom. The fraction of sp³-hybridized carbons (Fsp3) is 0.316. The van der Waals surface area contributed by atoms with Gasteiger partial charge in [0.2, 0.25) is 0 Å². The number of fused-ring (bicyclic) bond motifs is 1. The van der Waals surface area contributed by atoms with E-state index in [4.69, 9.17) is 32.9 Å². The molecule has 3 rings (SSSR count). The molecule has 0 radical (unpaired) electrons. The lowest BCUT2D eigenvalue weighted by molar-refractivity contribution is 0.0603. The maximum absolute atomic E-state index is 12.4. The van der Waals surface area contributed by atoms with Crippen LogP contribution in [0.5, 0.6) is 0 Å². The summed E-state index contributed by atoms with van der Waals surface area (Å²) in [7, 11) is 1.37. The van der Waals surface area contributed by atoms with E-state index < -0.39 is 5.97 Å². The van der Waals surface area contributed by atoms with Gasteiger partial charge >= 0.3 is 5.97 Å². The summed E-state index contributed by atoms with van der Waals surface area (Å²) in [6.45, 7) is 4.73. The first-order chi connectivity index (χ1) is 12.5. The van der Waals surface area contributed by atoms with Crippen LogP contribution in [0.15, 0.2) is 24.3 Å². The summed E-state index contributed by atoms with van der Waals surface area (Å²) in [5.41, 5.74) is 3.25. The van der Waals surface area contributed by atoms with Crippen molar-refractivity contribution in [2.75, 3.05) is 7.11 Å². The van der Waals surface area contributed by atoms with Gasteiger partial charge in [-0.15, -0.1) is 0 Å². The van der Waals surface area contributed by atoms with Crippen molar-refractivity contribution in [2.45, 2.75) is 33.2 Å². The minimum Gasteiger partial charge on any atom is -0.465 e. The van der Waals surface area contributed by atoms with Crippen LogP contribution in [-0.4, -0.2) is 27.8 Å². The smallest absolute Gasteiger partial charge is 0.338 e. The van der Waals surface area contributed by atoms with Gasteiger partial charge in [-0.2, -0.15) is 5.10 Å². The molecule has 0 bridgehead atoms. The van der Waals surface area contributed by atoms with Gasteiger partial charge in [-0.05, 0) is 31.5 Å². The minimum absolute atomic E-state index is 0.420. The monoisotopic (exact) mass is 391 g/mol. The summed E-state index contributed by atoms with van der Waals surface area (Å²) in [5, 5.41) is 6.19. The average Bonchev–Trinajstić information content (AvgIpc) is 2.96. The van der Waals surface area contributed by atoms with E-state index in [-0.39, 0.29) is 0 Å². The SMILES string of the molecule is CCCCn1nc(C)c2c(C(=O)OC)cc(-c3ccc(Cl)c(Cl)c3)nc21. The maximum atomic E-state index is 12.4. The number of rotatable bonds is 5. The number of nitrogens with zero attached hydrogens (tertiary/aromatic N) is 3. The van der Waals surface area contributed by atoms with Crippen LogP contribution in [0.1, 0.15) is 35.8 Å². The molecule has 2 heterocycles. The van der Waals surface area contributed by atoms with Crippen molar-refractivity contribution in [2.24, 2.45) is 0 Å². The topological polar surface area (TPSA) is 57.0 Å². The van der Waals surface area contributed by atoms with Crippen molar-refractivity contribution >= 4 is 40.2 Å². The number of unbranched alkanes of at least 4 members (excludes halogenated alkanes) is 1. The quantitative estimate of drug-likeness (QED) is 0.553. The zero-order chi connectivity index (χ0) is 18.8. The molecule has 0 spiro atoms. The van der Waals surface area contributed by atoms with E-state index in [0.717, 1.165) is 36.0 Å². The van der Waals surface area contributed by atoms with Gasteiger partial charge in [0.05, 0.1) is 39.5 Å². The van der Waals surface area contributed by atoms with E-state index in [2.05, 4.69) is 12.0 Å². The van der Waals surface area contributed by atoms with Crippen LogP contribution in [0.2, 0.25) is 10.0 Å². The molecule has 0 amide bonds. The minimum atomic E-state index is -0.420. The molecule has 0 saturated heterocycles. The number of ether oxygens (including phenoxy) is 1. The number of halogens is 2. The summed E-state index contributed by atoms with van der Waals surface area (Å²) < 4.78 is 6.82. The lowest BCUT2D eigenvalue weighted by Crippen LogP contribution is -2.06. The fourth-order valence-corrected chi connectivity index (χ4v) is 3.19. The second kappa shape index (κ2) is 7.64. The van der Waals surface area contributed by atoms with Gasteiger partial charge in [0, 0.05) is 12.1 Å². The van der Waals surface area contributed by atoms with E-state index in [1.54, 1.807) is 18.2 Å². The Kier molecular flexibility index (Phi) is 5.49. The first-order valence-electron chi connectivity index (χ1n) is 8.38. The third-order valence-electron chi connectivity index (χ3n) is 4.22. The molecule has 0 fully saturated rings. The molecule has 136 valence electrons. The number of hydrogen-bond donors (Lipinski definition) is 0. The summed E-state index contributed by atoms with van der Waals surface area (Å²) >= 11 is 12.2. The lowest BCUT2D eigenvalue weighted by Gasteiger charge is -2.09. The third-order valence-corrected chi connectivity index (χ3v) is 4.96. The number of pyridine rings is 1. The van der Waals surface area contributed by atoms with Crippen molar-refractivity contribution in [3.8, 4) is 11.3 Å². The van der Waals surface area contributed by atoms with Gasteiger partial charge in [0.15, 0.2) is 5.65 Å². The third kappa shape index (κ3) is 3.41. The van der Waals surface area contributed by atoms with E-state index in [9.17, 15) is 4.79 Å². The Labute approximate surface area is 161 Å². The fourth-order valence-electron chi connectivity index (χ4n) is 2.89. The highest BCUT2D eigenvalue weighted by molar-refractivity contribution is 6.42. The molecule has 26 heavy (non-hydrogen) atoms. The van der Waals surface area contributed by atoms with Crippen LogP contribution in [-0.2, 0) is 11.3 Å². The first kappa shape index (κ1) is 18.7. The highest BCUT2D eigenvalue weighted by atomic mass is 35.5. The van der Waals surface area contributed by atoms with Gasteiger partial charge < -0.3 is 4.74 Å². The van der Waals surface area contributed by atoms with Crippen LogP contribution in [0.3, 0.4) is 0 Å². The summed E-state index contributed by atoms with van der Waals surface area (Å²) in [4.78, 5) is 17.1. The number of aryl methyl sites for hydroxylation is 2. The molecular weight excluding hydrogens is 373 g/mol. The maximum Gasteiger partial charge on any atom is 0.338 e. The summed E-state index contributed by atoms with van der Waals surface area (Å²) in [6.07, 6.45) is 2.01. The Balaban J connectivity index is 2.26. The van der Waals surface area contributed by atoms with Crippen molar-refractivity contribution < 1.29 is 9.53 Å². The van der Waals surface area contributed by atoms with Crippen LogP contribution in [0.4, 0.5) is 0 Å². The predicted molar refractivity (Wildman–Crippen MR) is 104 cm³/mol. The molecule has 7 heteroatoms. The largest absolute Gasteiger partial charge is 0.465 e. The van der Waals surface area contributed by atoms with Crippen LogP contribution in [0.25, 0.3) is 22.3 Å². The molecule has 0 atom stereocenters. The molecule has 0 aliphatic heterocycles. The number of carbonyl (C=O) groups excluding carboxylic acids is 1. The van der Waals surface area contributed by atoms with Crippen molar-refractivity contribution in [1.82, 2.24) is 14.8 Å². The van der Waals surface area contributed by atoms with Crippen LogP contribution < -0.4 is 0 Å². The molecule has 0 unspecified atom stereocenters. The van der Waals surface area contributed by atoms with Crippen LogP contribution in [0, 0.1) is 6.92 Å². The van der Waals surface area contributed by atoms with E-state index in [0.29, 0.717) is 26.9 Å². The molecule has 0 saturated carbocycles. The van der Waals surface area contributed by atoms with Gasteiger partial charge in [0.1, 0.15) is 0 Å². The number of hydrogen-bond acceptors (Lipinski definition) is 4. The zero-order valence-electron chi connectivity index (χ0n) is 14.8. The molecule has 0 aliphatic carbocycles. The average molecular weight is 392 g/mol. The Morgan fingerprint density at radius 3 is 2.65 bits per heavy atom. The predicted octanol–water partition coefficient (Wildman–Crippen LogP) is 5.30. The summed E-state index contributed by atoms with van der Waals surface area (Å²) in [5.74, 6) is -0.420. The highest BCUT2D eigenvalue weighted by Gasteiger charge is 2.20.